The van der Waals surface area contributed by atoms with Gasteiger partial charge in [-0.3, -0.25) is 0 Å². The van der Waals surface area contributed by atoms with E-state index in [0.29, 0.717) is 21.2 Å². The minimum absolute atomic E-state index is 0.103. The van der Waals surface area contributed by atoms with Gasteiger partial charge in [-0.05, 0) is 35.4 Å². The van der Waals surface area contributed by atoms with Gasteiger partial charge in [0.05, 0.1) is 6.10 Å². The fourth-order valence-corrected chi connectivity index (χ4v) is 2.72. The van der Waals surface area contributed by atoms with Gasteiger partial charge in [0.15, 0.2) is 0 Å². The van der Waals surface area contributed by atoms with Crippen LogP contribution in [0.2, 0.25) is 10.0 Å². The van der Waals surface area contributed by atoms with Crippen molar-refractivity contribution in [1.29, 1.82) is 0 Å². The van der Waals surface area contributed by atoms with E-state index in [1.165, 1.54) is 6.07 Å². The molecule has 2 aromatic rings. The molecule has 0 aliphatic carbocycles. The average Bonchev–Trinajstić information content (AvgIpc) is 2.40. The van der Waals surface area contributed by atoms with E-state index in [2.05, 4.69) is 0 Å². The van der Waals surface area contributed by atoms with Crippen LogP contribution >= 0.6 is 23.2 Å². The van der Waals surface area contributed by atoms with Gasteiger partial charge in [0.25, 0.3) is 0 Å². The summed E-state index contributed by atoms with van der Waals surface area (Å²) in [5.74, 6) is -0.958. The van der Waals surface area contributed by atoms with Crippen molar-refractivity contribution in [3.63, 3.8) is 0 Å². The van der Waals surface area contributed by atoms with E-state index in [1.807, 2.05) is 0 Å². The highest BCUT2D eigenvalue weighted by Gasteiger charge is 2.24. The first kappa shape index (κ1) is 15.3. The van der Waals surface area contributed by atoms with Gasteiger partial charge >= 0.3 is 0 Å². The number of rotatable bonds is 4. The van der Waals surface area contributed by atoms with Gasteiger partial charge in [0.1, 0.15) is 5.82 Å². The highest BCUT2D eigenvalue weighted by molar-refractivity contribution is 6.34. The van der Waals surface area contributed by atoms with Crippen LogP contribution in [-0.2, 0) is 0 Å². The second-order valence-electron chi connectivity index (χ2n) is 4.51. The highest BCUT2D eigenvalue weighted by atomic mass is 35.5. The molecule has 0 saturated carbocycles. The zero-order chi connectivity index (χ0) is 14.7. The number of nitrogens with two attached hydrogens (primary N) is 1. The standard InChI is InChI=1S/C15H14Cl2FNO/c16-10-5-9(6-11(17)7-10)15(20)13(8-19)12-3-1-2-4-14(12)18/h1-7,13,15,20H,8,19H2. The fourth-order valence-electron chi connectivity index (χ4n) is 2.18. The molecule has 0 aromatic heterocycles. The van der Waals surface area contributed by atoms with E-state index in [4.69, 9.17) is 28.9 Å². The van der Waals surface area contributed by atoms with Crippen LogP contribution in [0.1, 0.15) is 23.1 Å². The van der Waals surface area contributed by atoms with Crippen LogP contribution in [-0.4, -0.2) is 11.7 Å². The molecule has 2 rings (SSSR count). The fraction of sp³-hybridized carbons (Fsp3) is 0.200. The summed E-state index contributed by atoms with van der Waals surface area (Å²) < 4.78 is 13.8. The Hall–Kier alpha value is -1.13. The molecule has 106 valence electrons. The van der Waals surface area contributed by atoms with Crippen LogP contribution in [0, 0.1) is 5.82 Å². The van der Waals surface area contributed by atoms with Gasteiger partial charge in [0.2, 0.25) is 0 Å². The molecular formula is C15H14Cl2FNO. The second kappa shape index (κ2) is 6.55. The number of benzene rings is 2. The summed E-state index contributed by atoms with van der Waals surface area (Å²) in [6.07, 6.45) is -0.979. The van der Waals surface area contributed by atoms with Crippen LogP contribution in [0.5, 0.6) is 0 Å². The van der Waals surface area contributed by atoms with Crippen molar-refractivity contribution in [2.45, 2.75) is 12.0 Å². The van der Waals surface area contributed by atoms with E-state index in [-0.39, 0.29) is 6.54 Å². The lowest BCUT2D eigenvalue weighted by Gasteiger charge is -2.23. The maximum Gasteiger partial charge on any atom is 0.126 e. The van der Waals surface area contributed by atoms with E-state index in [9.17, 15) is 9.50 Å². The third-order valence-electron chi connectivity index (χ3n) is 3.17. The van der Waals surface area contributed by atoms with Crippen molar-refractivity contribution in [3.05, 3.63) is 69.5 Å². The second-order valence-corrected chi connectivity index (χ2v) is 5.38. The van der Waals surface area contributed by atoms with E-state index in [1.54, 1.807) is 36.4 Å². The Morgan fingerprint density at radius 3 is 2.25 bits per heavy atom. The molecule has 0 fully saturated rings. The van der Waals surface area contributed by atoms with Gasteiger partial charge in [0, 0.05) is 22.5 Å². The first-order valence-electron chi connectivity index (χ1n) is 6.11. The first-order chi connectivity index (χ1) is 9.52. The summed E-state index contributed by atoms with van der Waals surface area (Å²) in [7, 11) is 0. The molecule has 2 nitrogen and oxygen atoms in total. The van der Waals surface area contributed by atoms with Crippen molar-refractivity contribution in [3.8, 4) is 0 Å². The molecule has 0 spiro atoms. The van der Waals surface area contributed by atoms with E-state index < -0.39 is 17.8 Å². The van der Waals surface area contributed by atoms with E-state index in [0.717, 1.165) is 0 Å². The molecule has 0 radical (unpaired) electrons. The summed E-state index contributed by atoms with van der Waals surface area (Å²) >= 11 is 11.8. The van der Waals surface area contributed by atoms with Crippen LogP contribution < -0.4 is 5.73 Å². The van der Waals surface area contributed by atoms with Crippen molar-refractivity contribution >= 4 is 23.2 Å². The summed E-state index contributed by atoms with van der Waals surface area (Å²) in [5.41, 5.74) is 6.58. The molecule has 20 heavy (non-hydrogen) atoms. The normalized spacial score (nSPS) is 14.1. The average molecular weight is 314 g/mol. The Morgan fingerprint density at radius 1 is 1.10 bits per heavy atom. The predicted octanol–water partition coefficient (Wildman–Crippen LogP) is 3.91. The molecule has 2 aromatic carbocycles. The number of halogens is 3. The third-order valence-corrected chi connectivity index (χ3v) is 3.60. The molecule has 3 N–H and O–H groups in total. The Kier molecular flexibility index (Phi) is 5.00. The highest BCUT2D eigenvalue weighted by Crippen LogP contribution is 2.34. The minimum Gasteiger partial charge on any atom is -0.388 e. The molecule has 0 amide bonds. The Morgan fingerprint density at radius 2 is 1.70 bits per heavy atom. The van der Waals surface area contributed by atoms with Crippen molar-refractivity contribution in [2.75, 3.05) is 6.54 Å². The lowest BCUT2D eigenvalue weighted by molar-refractivity contribution is 0.145. The van der Waals surface area contributed by atoms with Crippen LogP contribution in [0.25, 0.3) is 0 Å². The molecule has 0 heterocycles. The van der Waals surface area contributed by atoms with Gasteiger partial charge in [-0.15, -0.1) is 0 Å². The molecule has 0 bridgehead atoms. The molecule has 5 heteroatoms. The zero-order valence-corrected chi connectivity index (χ0v) is 12.1. The SMILES string of the molecule is NCC(c1ccccc1F)C(O)c1cc(Cl)cc(Cl)c1. The molecule has 2 unspecified atom stereocenters. The number of aliphatic hydroxyl groups is 1. The largest absolute Gasteiger partial charge is 0.388 e. The molecular weight excluding hydrogens is 300 g/mol. The first-order valence-corrected chi connectivity index (χ1v) is 6.87. The summed E-state index contributed by atoms with van der Waals surface area (Å²) in [6, 6.07) is 11.0. The summed E-state index contributed by atoms with van der Waals surface area (Å²) in [5, 5.41) is 11.3. The lowest BCUT2D eigenvalue weighted by atomic mass is 9.89. The summed E-state index contributed by atoms with van der Waals surface area (Å²) in [4.78, 5) is 0. The lowest BCUT2D eigenvalue weighted by Crippen LogP contribution is -2.21. The third kappa shape index (κ3) is 3.30. The van der Waals surface area contributed by atoms with Gasteiger partial charge in [-0.25, -0.2) is 4.39 Å². The zero-order valence-electron chi connectivity index (χ0n) is 10.6. The van der Waals surface area contributed by atoms with Crippen LogP contribution in [0.15, 0.2) is 42.5 Å². The van der Waals surface area contributed by atoms with Gasteiger partial charge < -0.3 is 10.8 Å². The van der Waals surface area contributed by atoms with E-state index >= 15 is 0 Å². The quantitative estimate of drug-likeness (QED) is 0.899. The van der Waals surface area contributed by atoms with Gasteiger partial charge in [-0.2, -0.15) is 0 Å². The number of hydrogen-bond acceptors (Lipinski definition) is 2. The molecule has 0 aliphatic heterocycles. The summed E-state index contributed by atoms with van der Waals surface area (Å²) in [6.45, 7) is 0.103. The van der Waals surface area contributed by atoms with Crippen molar-refractivity contribution in [1.82, 2.24) is 0 Å². The smallest absolute Gasteiger partial charge is 0.126 e. The predicted molar refractivity (Wildman–Crippen MR) is 79.6 cm³/mol. The van der Waals surface area contributed by atoms with Crippen LogP contribution in [0.4, 0.5) is 4.39 Å². The topological polar surface area (TPSA) is 46.2 Å². The van der Waals surface area contributed by atoms with Crippen molar-refractivity contribution in [2.24, 2.45) is 5.73 Å². The molecule has 0 aliphatic rings. The monoisotopic (exact) mass is 313 g/mol. The maximum atomic E-state index is 13.8. The Bertz CT molecular complexity index is 586. The van der Waals surface area contributed by atoms with Gasteiger partial charge in [-0.1, -0.05) is 41.4 Å². The Labute approximate surface area is 126 Å². The minimum atomic E-state index is -0.979. The van der Waals surface area contributed by atoms with Crippen LogP contribution in [0.3, 0.4) is 0 Å². The molecule has 0 saturated heterocycles. The maximum absolute atomic E-state index is 13.8. The molecule has 2 atom stereocenters. The number of hydrogen-bond donors (Lipinski definition) is 2. The van der Waals surface area contributed by atoms with Crippen molar-refractivity contribution < 1.29 is 9.50 Å². The Balaban J connectivity index is 2.39. The number of aliphatic hydroxyl groups excluding tert-OH is 1.